The number of para-hydroxylation sites is 2. The van der Waals surface area contributed by atoms with Crippen molar-refractivity contribution in [3.8, 4) is 0 Å². The molecular weight excluding hydrogens is 402 g/mol. The van der Waals surface area contributed by atoms with Crippen molar-refractivity contribution in [1.82, 2.24) is 14.5 Å². The lowest BCUT2D eigenvalue weighted by atomic mass is 10.1. The second-order valence-corrected chi connectivity index (χ2v) is 7.52. The number of rotatable bonds is 5. The molecule has 4 aromatic rings. The molecule has 0 aliphatic carbocycles. The summed E-state index contributed by atoms with van der Waals surface area (Å²) in [6, 6.07) is 13.1. The highest BCUT2D eigenvalue weighted by Gasteiger charge is 2.13. The van der Waals surface area contributed by atoms with Gasteiger partial charge in [-0.25, -0.2) is 9.97 Å². The lowest BCUT2D eigenvalue weighted by molar-refractivity contribution is -0.145. The molecule has 0 spiro atoms. The Morgan fingerprint density at radius 2 is 1.87 bits per heavy atom. The van der Waals surface area contributed by atoms with Gasteiger partial charge in [0.15, 0.2) is 0 Å². The van der Waals surface area contributed by atoms with Gasteiger partial charge in [-0.3, -0.25) is 14.2 Å². The summed E-state index contributed by atoms with van der Waals surface area (Å²) in [5.41, 5.74) is 3.65. The molecule has 0 amide bonds. The van der Waals surface area contributed by atoms with Crippen LogP contribution in [0, 0.1) is 13.8 Å². The number of benzene rings is 2. The first-order valence-electron chi connectivity index (χ1n) is 9.60. The van der Waals surface area contributed by atoms with Gasteiger partial charge >= 0.3 is 5.97 Å². The van der Waals surface area contributed by atoms with Gasteiger partial charge in [-0.2, -0.15) is 0 Å². The molecule has 0 fully saturated rings. The Labute approximate surface area is 178 Å². The molecule has 0 aliphatic rings. The first kappa shape index (κ1) is 20.0. The van der Waals surface area contributed by atoms with E-state index in [-0.39, 0.29) is 25.1 Å². The van der Waals surface area contributed by atoms with Crippen molar-refractivity contribution in [3.63, 3.8) is 0 Å². The maximum absolute atomic E-state index is 12.6. The van der Waals surface area contributed by atoms with E-state index in [1.54, 1.807) is 6.07 Å². The molecule has 2 heterocycles. The quantitative estimate of drug-likeness (QED) is 0.448. The molecule has 30 heavy (non-hydrogen) atoms. The zero-order chi connectivity index (χ0) is 21.3. The number of hydrogen-bond acceptors (Lipinski definition) is 5. The standard InChI is InChI=1S/C23H20ClN3O3/c1-14-6-5-8-17-22(14)25-13-27(23(17)29)11-10-20(28)30-12-19-21(24)15(2)16-7-3-4-9-18(16)26-19/h3-9,13H,10-12H2,1-2H3. The average molecular weight is 422 g/mol. The fourth-order valence-corrected chi connectivity index (χ4v) is 3.64. The predicted molar refractivity (Wildman–Crippen MR) is 117 cm³/mol. The molecular formula is C23H20ClN3O3. The van der Waals surface area contributed by atoms with E-state index in [1.165, 1.54) is 10.9 Å². The fraction of sp³-hybridized carbons (Fsp3) is 0.217. The van der Waals surface area contributed by atoms with Crippen molar-refractivity contribution in [2.24, 2.45) is 0 Å². The topological polar surface area (TPSA) is 74.1 Å². The number of fused-ring (bicyclic) bond motifs is 2. The summed E-state index contributed by atoms with van der Waals surface area (Å²) in [5.74, 6) is -0.435. The summed E-state index contributed by atoms with van der Waals surface area (Å²) in [6.07, 6.45) is 1.51. The molecule has 0 N–H and O–H groups in total. The van der Waals surface area contributed by atoms with Crippen molar-refractivity contribution in [1.29, 1.82) is 0 Å². The maximum atomic E-state index is 12.6. The van der Waals surface area contributed by atoms with Crippen LogP contribution in [0.1, 0.15) is 23.2 Å². The molecule has 152 valence electrons. The molecule has 4 rings (SSSR count). The number of pyridine rings is 1. The second kappa shape index (κ2) is 8.24. The van der Waals surface area contributed by atoms with Gasteiger partial charge < -0.3 is 4.74 Å². The number of hydrogen-bond donors (Lipinski definition) is 0. The molecule has 2 aromatic heterocycles. The van der Waals surface area contributed by atoms with Crippen LogP contribution in [0.5, 0.6) is 0 Å². The smallest absolute Gasteiger partial charge is 0.307 e. The van der Waals surface area contributed by atoms with Gasteiger partial charge in [0.25, 0.3) is 5.56 Å². The van der Waals surface area contributed by atoms with E-state index >= 15 is 0 Å². The van der Waals surface area contributed by atoms with Crippen molar-refractivity contribution >= 4 is 39.4 Å². The highest BCUT2D eigenvalue weighted by molar-refractivity contribution is 6.32. The van der Waals surface area contributed by atoms with Gasteiger partial charge in [0.1, 0.15) is 6.61 Å². The Balaban J connectivity index is 1.44. The Kier molecular flexibility index (Phi) is 5.50. The van der Waals surface area contributed by atoms with E-state index in [9.17, 15) is 9.59 Å². The van der Waals surface area contributed by atoms with Gasteiger partial charge in [0, 0.05) is 11.9 Å². The largest absolute Gasteiger partial charge is 0.459 e. The third kappa shape index (κ3) is 3.78. The minimum Gasteiger partial charge on any atom is -0.459 e. The Hall–Kier alpha value is -3.25. The molecule has 0 bridgehead atoms. The van der Waals surface area contributed by atoms with Crippen LogP contribution in [0.15, 0.2) is 53.6 Å². The molecule has 0 saturated carbocycles. The zero-order valence-electron chi connectivity index (χ0n) is 16.7. The van der Waals surface area contributed by atoms with E-state index in [0.717, 1.165) is 22.0 Å². The molecule has 0 saturated heterocycles. The SMILES string of the molecule is Cc1c(Cl)c(COC(=O)CCn2cnc3c(C)cccc3c2=O)nc2ccccc12. The predicted octanol–water partition coefficient (Wildman–Crippen LogP) is 4.35. The van der Waals surface area contributed by atoms with Gasteiger partial charge in [-0.05, 0) is 37.1 Å². The molecule has 6 nitrogen and oxygen atoms in total. The second-order valence-electron chi connectivity index (χ2n) is 7.14. The van der Waals surface area contributed by atoms with E-state index in [2.05, 4.69) is 9.97 Å². The zero-order valence-corrected chi connectivity index (χ0v) is 17.4. The summed E-state index contributed by atoms with van der Waals surface area (Å²) >= 11 is 6.41. The van der Waals surface area contributed by atoms with Crippen LogP contribution < -0.4 is 5.56 Å². The number of aromatic nitrogens is 3. The van der Waals surface area contributed by atoms with Gasteiger partial charge in [-0.15, -0.1) is 0 Å². The van der Waals surface area contributed by atoms with Crippen LogP contribution in [0.4, 0.5) is 0 Å². The number of ether oxygens (including phenoxy) is 1. The van der Waals surface area contributed by atoms with Crippen molar-refractivity contribution in [3.05, 3.63) is 81.0 Å². The number of aryl methyl sites for hydroxylation is 3. The number of esters is 1. The van der Waals surface area contributed by atoms with Crippen LogP contribution >= 0.6 is 11.6 Å². The molecule has 7 heteroatoms. The van der Waals surface area contributed by atoms with E-state index < -0.39 is 5.97 Å². The summed E-state index contributed by atoms with van der Waals surface area (Å²) in [4.78, 5) is 33.7. The van der Waals surface area contributed by atoms with E-state index in [1.807, 2.05) is 50.2 Å². The lowest BCUT2D eigenvalue weighted by Gasteiger charge is -2.11. The Morgan fingerprint density at radius 3 is 2.70 bits per heavy atom. The van der Waals surface area contributed by atoms with Gasteiger partial charge in [-0.1, -0.05) is 41.9 Å². The fourth-order valence-electron chi connectivity index (χ4n) is 3.44. The normalized spacial score (nSPS) is 11.2. The molecule has 0 unspecified atom stereocenters. The third-order valence-electron chi connectivity index (χ3n) is 5.13. The Bertz CT molecular complexity index is 1330. The summed E-state index contributed by atoms with van der Waals surface area (Å²) in [6.45, 7) is 3.99. The lowest BCUT2D eigenvalue weighted by Crippen LogP contribution is -2.22. The monoisotopic (exact) mass is 421 g/mol. The Morgan fingerprint density at radius 1 is 1.10 bits per heavy atom. The summed E-state index contributed by atoms with van der Waals surface area (Å²) in [5, 5.41) is 2.00. The number of halogens is 1. The molecule has 0 atom stereocenters. The van der Waals surface area contributed by atoms with Gasteiger partial charge in [0.05, 0.1) is 39.9 Å². The highest BCUT2D eigenvalue weighted by atomic mass is 35.5. The number of carbonyl (C=O) groups is 1. The number of nitrogens with zero attached hydrogens (tertiary/aromatic N) is 3. The van der Waals surface area contributed by atoms with Crippen molar-refractivity contribution in [2.75, 3.05) is 0 Å². The maximum Gasteiger partial charge on any atom is 0.307 e. The molecule has 0 aliphatic heterocycles. The summed E-state index contributed by atoms with van der Waals surface area (Å²) < 4.78 is 6.78. The van der Waals surface area contributed by atoms with Crippen LogP contribution in [-0.2, 0) is 22.7 Å². The van der Waals surface area contributed by atoms with Crippen molar-refractivity contribution < 1.29 is 9.53 Å². The molecule has 0 radical (unpaired) electrons. The first-order chi connectivity index (χ1) is 14.5. The van der Waals surface area contributed by atoms with Crippen LogP contribution in [0.25, 0.3) is 21.8 Å². The average Bonchev–Trinajstić information content (AvgIpc) is 2.75. The van der Waals surface area contributed by atoms with Crippen molar-refractivity contribution in [2.45, 2.75) is 33.4 Å². The summed E-state index contributed by atoms with van der Waals surface area (Å²) in [7, 11) is 0. The van der Waals surface area contributed by atoms with E-state index in [4.69, 9.17) is 16.3 Å². The van der Waals surface area contributed by atoms with Crippen LogP contribution in [0.3, 0.4) is 0 Å². The van der Waals surface area contributed by atoms with Crippen LogP contribution in [-0.4, -0.2) is 20.5 Å². The van der Waals surface area contributed by atoms with Crippen LogP contribution in [0.2, 0.25) is 5.02 Å². The van der Waals surface area contributed by atoms with Gasteiger partial charge in [0.2, 0.25) is 0 Å². The van der Waals surface area contributed by atoms with E-state index in [0.29, 0.717) is 21.6 Å². The highest BCUT2D eigenvalue weighted by Crippen LogP contribution is 2.27. The first-order valence-corrected chi connectivity index (χ1v) is 9.97. The third-order valence-corrected chi connectivity index (χ3v) is 5.63. The number of carbonyl (C=O) groups excluding carboxylic acids is 1. The molecule has 2 aromatic carbocycles. The minimum absolute atomic E-state index is 0.0204. The minimum atomic E-state index is -0.435.